The summed E-state index contributed by atoms with van der Waals surface area (Å²) in [5.41, 5.74) is 1.98. The summed E-state index contributed by atoms with van der Waals surface area (Å²) < 4.78 is 5.64. The van der Waals surface area contributed by atoms with E-state index in [4.69, 9.17) is 4.42 Å². The molecule has 0 spiro atoms. The zero-order valence-corrected chi connectivity index (χ0v) is 11.3. The molecule has 0 aliphatic carbocycles. The van der Waals surface area contributed by atoms with Crippen LogP contribution >= 0.6 is 15.9 Å². The van der Waals surface area contributed by atoms with Gasteiger partial charge in [0.05, 0.1) is 10.8 Å². The number of alkyl halides is 1. The van der Waals surface area contributed by atoms with Gasteiger partial charge in [0.2, 0.25) is 11.1 Å². The number of fused-ring (bicyclic) bond motifs is 2. The molecule has 4 heteroatoms. The summed E-state index contributed by atoms with van der Waals surface area (Å²) in [6, 6.07) is 9.10. The quantitative estimate of drug-likeness (QED) is 0.507. The van der Waals surface area contributed by atoms with Crippen molar-refractivity contribution in [3.8, 4) is 0 Å². The fourth-order valence-electron chi connectivity index (χ4n) is 1.96. The molecular weight excluding hydrogens is 294 g/mol. The van der Waals surface area contributed by atoms with E-state index in [0.29, 0.717) is 22.1 Å². The van der Waals surface area contributed by atoms with Gasteiger partial charge in [0.1, 0.15) is 5.58 Å². The molecule has 0 N–H and O–H groups in total. The summed E-state index contributed by atoms with van der Waals surface area (Å²) in [6.07, 6.45) is 1.62. The maximum absolute atomic E-state index is 12.3. The molecule has 2 heterocycles. The highest BCUT2D eigenvalue weighted by atomic mass is 79.9. The number of nitrogens with zero attached hydrogens (tertiary/aromatic N) is 1. The summed E-state index contributed by atoms with van der Waals surface area (Å²) in [5.74, 6) is 0. The van der Waals surface area contributed by atoms with E-state index >= 15 is 0 Å². The van der Waals surface area contributed by atoms with Crippen LogP contribution in [0.25, 0.3) is 22.1 Å². The fraction of sp³-hybridized carbons (Fsp3) is 0.143. The van der Waals surface area contributed by atoms with Gasteiger partial charge >= 0.3 is 0 Å². The third-order valence-electron chi connectivity index (χ3n) is 2.93. The first-order valence-corrected chi connectivity index (χ1v) is 6.54. The van der Waals surface area contributed by atoms with Crippen LogP contribution < -0.4 is 5.43 Å². The van der Waals surface area contributed by atoms with Crippen LogP contribution in [-0.4, -0.2) is 4.98 Å². The SMILES string of the molecule is CC(Br)c1ccc2oc3ncccc3c(=O)c2c1. The Morgan fingerprint density at radius 1 is 1.28 bits per heavy atom. The van der Waals surface area contributed by atoms with Gasteiger partial charge in [0, 0.05) is 11.0 Å². The largest absolute Gasteiger partial charge is 0.437 e. The van der Waals surface area contributed by atoms with Crippen molar-refractivity contribution in [1.29, 1.82) is 0 Å². The Morgan fingerprint density at radius 3 is 2.89 bits per heavy atom. The third-order valence-corrected chi connectivity index (χ3v) is 3.46. The number of rotatable bonds is 1. The Balaban J connectivity index is 2.45. The smallest absolute Gasteiger partial charge is 0.230 e. The molecule has 0 saturated carbocycles. The molecule has 0 amide bonds. The molecule has 1 atom stereocenters. The molecule has 90 valence electrons. The lowest BCUT2D eigenvalue weighted by molar-refractivity contribution is 0.644. The first-order chi connectivity index (χ1) is 8.66. The molecule has 1 aromatic carbocycles. The standard InChI is InChI=1S/C14H10BrNO2/c1-8(15)9-4-5-12-11(7-9)13(17)10-3-2-6-16-14(10)18-12/h2-8H,1H3. The molecule has 0 aliphatic heterocycles. The number of benzene rings is 1. The highest BCUT2D eigenvalue weighted by Gasteiger charge is 2.10. The van der Waals surface area contributed by atoms with Crippen molar-refractivity contribution >= 4 is 38.0 Å². The molecule has 3 nitrogen and oxygen atoms in total. The van der Waals surface area contributed by atoms with Gasteiger partial charge in [-0.1, -0.05) is 22.0 Å². The summed E-state index contributed by atoms with van der Waals surface area (Å²) in [7, 11) is 0. The monoisotopic (exact) mass is 303 g/mol. The summed E-state index contributed by atoms with van der Waals surface area (Å²) in [5, 5.41) is 1.11. The second-order valence-electron chi connectivity index (χ2n) is 4.16. The number of hydrogen-bond donors (Lipinski definition) is 0. The molecular formula is C14H10BrNO2. The van der Waals surface area contributed by atoms with Crippen LogP contribution in [0, 0.1) is 0 Å². The summed E-state index contributed by atoms with van der Waals surface area (Å²) in [6.45, 7) is 2.02. The van der Waals surface area contributed by atoms with E-state index in [2.05, 4.69) is 20.9 Å². The number of pyridine rings is 1. The van der Waals surface area contributed by atoms with E-state index in [0.717, 1.165) is 5.56 Å². The Bertz CT molecular complexity index is 793. The van der Waals surface area contributed by atoms with E-state index in [-0.39, 0.29) is 10.3 Å². The molecule has 3 rings (SSSR count). The molecule has 18 heavy (non-hydrogen) atoms. The molecule has 2 aromatic heterocycles. The highest BCUT2D eigenvalue weighted by molar-refractivity contribution is 9.09. The van der Waals surface area contributed by atoms with Crippen LogP contribution in [0.15, 0.2) is 45.7 Å². The van der Waals surface area contributed by atoms with Gasteiger partial charge in [-0.25, -0.2) is 4.98 Å². The summed E-state index contributed by atoms with van der Waals surface area (Å²) in [4.78, 5) is 16.6. The number of hydrogen-bond acceptors (Lipinski definition) is 3. The predicted molar refractivity (Wildman–Crippen MR) is 75.1 cm³/mol. The number of halogens is 1. The van der Waals surface area contributed by atoms with Crippen molar-refractivity contribution in [1.82, 2.24) is 4.98 Å². The Hall–Kier alpha value is -1.68. The first-order valence-electron chi connectivity index (χ1n) is 5.62. The average molecular weight is 304 g/mol. The van der Waals surface area contributed by atoms with Gasteiger partial charge in [-0.3, -0.25) is 4.79 Å². The third kappa shape index (κ3) is 1.73. The topological polar surface area (TPSA) is 43.1 Å². The minimum absolute atomic E-state index is 0.0330. The van der Waals surface area contributed by atoms with Crippen LogP contribution in [0.1, 0.15) is 17.3 Å². The van der Waals surface area contributed by atoms with Crippen LogP contribution in [0.3, 0.4) is 0 Å². The maximum Gasteiger partial charge on any atom is 0.230 e. The van der Waals surface area contributed by atoms with Gasteiger partial charge in [-0.15, -0.1) is 0 Å². The van der Waals surface area contributed by atoms with Gasteiger partial charge in [0.25, 0.3) is 0 Å². The first kappa shape index (κ1) is 11.4. The normalized spacial score (nSPS) is 13.0. The maximum atomic E-state index is 12.3. The average Bonchev–Trinajstić information content (AvgIpc) is 2.38. The summed E-state index contributed by atoms with van der Waals surface area (Å²) >= 11 is 3.50. The van der Waals surface area contributed by atoms with Crippen LogP contribution in [0.2, 0.25) is 0 Å². The molecule has 3 aromatic rings. The molecule has 0 bridgehead atoms. The Kier molecular flexibility index (Phi) is 2.67. The zero-order valence-electron chi connectivity index (χ0n) is 9.68. The second-order valence-corrected chi connectivity index (χ2v) is 5.53. The van der Waals surface area contributed by atoms with Gasteiger partial charge in [-0.05, 0) is 36.8 Å². The Labute approximate surface area is 112 Å². The molecule has 0 radical (unpaired) electrons. The lowest BCUT2D eigenvalue weighted by Gasteiger charge is -2.05. The zero-order chi connectivity index (χ0) is 12.7. The minimum atomic E-state index is -0.0330. The van der Waals surface area contributed by atoms with E-state index in [1.807, 2.05) is 25.1 Å². The van der Waals surface area contributed by atoms with E-state index in [1.54, 1.807) is 18.3 Å². The van der Waals surface area contributed by atoms with E-state index in [1.165, 1.54) is 0 Å². The molecule has 0 fully saturated rings. The van der Waals surface area contributed by atoms with Crippen molar-refractivity contribution < 1.29 is 4.42 Å². The van der Waals surface area contributed by atoms with Crippen LogP contribution in [0.5, 0.6) is 0 Å². The van der Waals surface area contributed by atoms with Crippen molar-refractivity contribution in [2.24, 2.45) is 0 Å². The van der Waals surface area contributed by atoms with Crippen molar-refractivity contribution in [2.45, 2.75) is 11.8 Å². The van der Waals surface area contributed by atoms with Crippen molar-refractivity contribution in [3.05, 3.63) is 52.3 Å². The number of aromatic nitrogens is 1. The van der Waals surface area contributed by atoms with Gasteiger partial charge < -0.3 is 4.42 Å². The van der Waals surface area contributed by atoms with Crippen molar-refractivity contribution in [3.63, 3.8) is 0 Å². The van der Waals surface area contributed by atoms with Gasteiger partial charge in [0.15, 0.2) is 0 Å². The fourth-order valence-corrected chi connectivity index (χ4v) is 2.24. The molecule has 1 unspecified atom stereocenters. The van der Waals surface area contributed by atoms with Crippen molar-refractivity contribution in [2.75, 3.05) is 0 Å². The lowest BCUT2D eigenvalue weighted by Crippen LogP contribution is -2.03. The lowest BCUT2D eigenvalue weighted by atomic mass is 10.1. The Morgan fingerprint density at radius 2 is 2.11 bits per heavy atom. The molecule has 0 aliphatic rings. The van der Waals surface area contributed by atoms with Crippen LogP contribution in [0.4, 0.5) is 0 Å². The second kappa shape index (κ2) is 4.21. The highest BCUT2D eigenvalue weighted by Crippen LogP contribution is 2.25. The van der Waals surface area contributed by atoms with E-state index in [9.17, 15) is 4.79 Å². The van der Waals surface area contributed by atoms with Gasteiger partial charge in [-0.2, -0.15) is 0 Å². The van der Waals surface area contributed by atoms with Crippen LogP contribution in [-0.2, 0) is 0 Å². The van der Waals surface area contributed by atoms with E-state index < -0.39 is 0 Å². The predicted octanol–water partition coefficient (Wildman–Crippen LogP) is 3.80. The minimum Gasteiger partial charge on any atom is -0.437 e. The molecule has 0 saturated heterocycles.